The van der Waals surface area contributed by atoms with Gasteiger partial charge in [0.05, 0.1) is 9.80 Å². The SMILES string of the molecule is Cc1ccc(C)c(NC(=O)c2cc(COc3ccc([N+](=O)[O-])cc3)cs2)c1. The number of thiophene rings is 1. The van der Waals surface area contributed by atoms with Crippen LogP contribution in [0.2, 0.25) is 0 Å². The molecular weight excluding hydrogens is 364 g/mol. The zero-order valence-electron chi connectivity index (χ0n) is 14.9. The van der Waals surface area contributed by atoms with Gasteiger partial charge in [-0.3, -0.25) is 14.9 Å². The summed E-state index contributed by atoms with van der Waals surface area (Å²) in [6, 6.07) is 13.6. The maximum Gasteiger partial charge on any atom is 0.269 e. The quantitative estimate of drug-likeness (QED) is 0.475. The predicted octanol–water partition coefficient (Wildman–Crippen LogP) is 5.10. The lowest BCUT2D eigenvalue weighted by Gasteiger charge is -2.08. The number of carbonyl (C=O) groups excluding carboxylic acids is 1. The van der Waals surface area contributed by atoms with Crippen LogP contribution in [0.5, 0.6) is 5.75 Å². The van der Waals surface area contributed by atoms with Crippen LogP contribution in [0.4, 0.5) is 11.4 Å². The van der Waals surface area contributed by atoms with E-state index >= 15 is 0 Å². The smallest absolute Gasteiger partial charge is 0.269 e. The Morgan fingerprint density at radius 2 is 1.89 bits per heavy atom. The van der Waals surface area contributed by atoms with E-state index in [1.807, 2.05) is 37.4 Å². The van der Waals surface area contributed by atoms with Gasteiger partial charge in [-0.25, -0.2) is 0 Å². The first kappa shape index (κ1) is 18.6. The van der Waals surface area contributed by atoms with Crippen molar-refractivity contribution in [3.05, 3.63) is 85.6 Å². The number of benzene rings is 2. The molecular formula is C20H18N2O4S. The summed E-state index contributed by atoms with van der Waals surface area (Å²) in [5.41, 5.74) is 3.77. The van der Waals surface area contributed by atoms with Crippen LogP contribution in [0, 0.1) is 24.0 Å². The summed E-state index contributed by atoms with van der Waals surface area (Å²) >= 11 is 1.35. The maximum absolute atomic E-state index is 12.5. The summed E-state index contributed by atoms with van der Waals surface area (Å²) in [7, 11) is 0. The van der Waals surface area contributed by atoms with Crippen LogP contribution in [0.1, 0.15) is 26.4 Å². The Labute approximate surface area is 160 Å². The summed E-state index contributed by atoms with van der Waals surface area (Å²) < 4.78 is 5.63. The number of ether oxygens (including phenoxy) is 1. The molecule has 27 heavy (non-hydrogen) atoms. The van der Waals surface area contributed by atoms with Crippen LogP contribution >= 0.6 is 11.3 Å². The largest absolute Gasteiger partial charge is 0.489 e. The topological polar surface area (TPSA) is 81.5 Å². The van der Waals surface area contributed by atoms with E-state index in [4.69, 9.17) is 4.74 Å². The number of nitro groups is 1. The number of amides is 1. The van der Waals surface area contributed by atoms with E-state index in [0.717, 1.165) is 22.4 Å². The minimum atomic E-state index is -0.455. The van der Waals surface area contributed by atoms with Crippen molar-refractivity contribution in [2.45, 2.75) is 20.5 Å². The van der Waals surface area contributed by atoms with Crippen molar-refractivity contribution in [2.24, 2.45) is 0 Å². The Hall–Kier alpha value is -3.19. The number of carbonyl (C=O) groups is 1. The molecule has 0 saturated heterocycles. The third-order valence-corrected chi connectivity index (χ3v) is 4.95. The number of aryl methyl sites for hydroxylation is 2. The van der Waals surface area contributed by atoms with Crippen LogP contribution in [-0.2, 0) is 6.61 Å². The molecule has 138 valence electrons. The molecule has 6 nitrogen and oxygen atoms in total. The molecule has 7 heteroatoms. The van der Waals surface area contributed by atoms with Crippen molar-refractivity contribution >= 4 is 28.6 Å². The third-order valence-electron chi connectivity index (χ3n) is 3.97. The monoisotopic (exact) mass is 382 g/mol. The summed E-state index contributed by atoms with van der Waals surface area (Å²) in [6.45, 7) is 4.21. The highest BCUT2D eigenvalue weighted by Gasteiger charge is 2.12. The minimum Gasteiger partial charge on any atom is -0.489 e. The van der Waals surface area contributed by atoms with Crippen molar-refractivity contribution in [3.63, 3.8) is 0 Å². The van der Waals surface area contributed by atoms with E-state index in [2.05, 4.69) is 5.32 Å². The summed E-state index contributed by atoms with van der Waals surface area (Å²) in [5.74, 6) is 0.378. The summed E-state index contributed by atoms with van der Waals surface area (Å²) in [6.07, 6.45) is 0. The van der Waals surface area contributed by atoms with E-state index in [9.17, 15) is 14.9 Å². The second kappa shape index (κ2) is 8.01. The first-order valence-corrected chi connectivity index (χ1v) is 9.13. The fraction of sp³-hybridized carbons (Fsp3) is 0.150. The third kappa shape index (κ3) is 4.71. The molecule has 2 aromatic carbocycles. The summed E-state index contributed by atoms with van der Waals surface area (Å²) in [5, 5.41) is 15.5. The number of non-ortho nitro benzene ring substituents is 1. The molecule has 0 saturated carbocycles. The van der Waals surface area contributed by atoms with Crippen molar-refractivity contribution in [2.75, 3.05) is 5.32 Å². The number of hydrogen-bond acceptors (Lipinski definition) is 5. The van der Waals surface area contributed by atoms with Gasteiger partial charge in [0.2, 0.25) is 0 Å². The molecule has 0 aliphatic carbocycles. The molecule has 3 aromatic rings. The van der Waals surface area contributed by atoms with Crippen molar-refractivity contribution in [1.29, 1.82) is 0 Å². The molecule has 0 bridgehead atoms. The molecule has 0 spiro atoms. The second-order valence-electron chi connectivity index (χ2n) is 6.13. The predicted molar refractivity (Wildman–Crippen MR) is 106 cm³/mol. The van der Waals surface area contributed by atoms with Crippen molar-refractivity contribution in [1.82, 2.24) is 0 Å². The van der Waals surface area contributed by atoms with Crippen molar-refractivity contribution < 1.29 is 14.5 Å². The fourth-order valence-corrected chi connectivity index (χ4v) is 3.25. The Balaban J connectivity index is 1.61. The maximum atomic E-state index is 12.5. The Bertz CT molecular complexity index is 980. The lowest BCUT2D eigenvalue weighted by Crippen LogP contribution is -2.11. The normalized spacial score (nSPS) is 10.4. The molecule has 0 unspecified atom stereocenters. The van der Waals surface area contributed by atoms with Gasteiger partial charge in [-0.1, -0.05) is 12.1 Å². The van der Waals surface area contributed by atoms with Crippen LogP contribution < -0.4 is 10.1 Å². The molecule has 0 aliphatic rings. The van der Waals surface area contributed by atoms with Gasteiger partial charge < -0.3 is 10.1 Å². The van der Waals surface area contributed by atoms with Crippen LogP contribution in [0.25, 0.3) is 0 Å². The molecule has 3 rings (SSSR count). The minimum absolute atomic E-state index is 0.0169. The molecule has 0 atom stereocenters. The standard InChI is InChI=1S/C20H18N2O4S/c1-13-3-4-14(2)18(9-13)21-20(23)19-10-15(12-27-19)11-26-17-7-5-16(6-8-17)22(24)25/h3-10,12H,11H2,1-2H3,(H,21,23). The number of nitrogens with one attached hydrogen (secondary N) is 1. The first-order valence-electron chi connectivity index (χ1n) is 8.25. The number of nitrogens with zero attached hydrogens (tertiary/aromatic N) is 1. The molecule has 1 aromatic heterocycles. The van der Waals surface area contributed by atoms with E-state index < -0.39 is 4.92 Å². The average molecular weight is 382 g/mol. The zero-order valence-corrected chi connectivity index (χ0v) is 15.7. The Morgan fingerprint density at radius 1 is 1.15 bits per heavy atom. The van der Waals surface area contributed by atoms with E-state index in [1.165, 1.54) is 23.5 Å². The molecule has 1 heterocycles. The van der Waals surface area contributed by atoms with E-state index in [0.29, 0.717) is 10.6 Å². The highest BCUT2D eigenvalue weighted by Crippen LogP contribution is 2.22. The Morgan fingerprint density at radius 3 is 2.59 bits per heavy atom. The fourth-order valence-electron chi connectivity index (χ4n) is 2.46. The van der Waals surface area contributed by atoms with Gasteiger partial charge in [-0.15, -0.1) is 11.3 Å². The van der Waals surface area contributed by atoms with Crippen LogP contribution in [0.15, 0.2) is 53.9 Å². The Kier molecular flexibility index (Phi) is 5.52. The first-order chi connectivity index (χ1) is 12.9. The van der Waals surface area contributed by atoms with Gasteiger partial charge in [0.15, 0.2) is 0 Å². The molecule has 1 N–H and O–H groups in total. The van der Waals surface area contributed by atoms with Gasteiger partial charge in [0.25, 0.3) is 11.6 Å². The van der Waals surface area contributed by atoms with E-state index in [1.54, 1.807) is 18.2 Å². The van der Waals surface area contributed by atoms with Gasteiger partial charge in [0.1, 0.15) is 12.4 Å². The van der Waals surface area contributed by atoms with E-state index in [-0.39, 0.29) is 18.2 Å². The van der Waals surface area contributed by atoms with Crippen LogP contribution in [0.3, 0.4) is 0 Å². The van der Waals surface area contributed by atoms with Crippen molar-refractivity contribution in [3.8, 4) is 5.75 Å². The average Bonchev–Trinajstić information content (AvgIpc) is 3.12. The lowest BCUT2D eigenvalue weighted by molar-refractivity contribution is -0.384. The summed E-state index contributed by atoms with van der Waals surface area (Å²) in [4.78, 5) is 23.3. The highest BCUT2D eigenvalue weighted by atomic mass is 32.1. The van der Waals surface area contributed by atoms with Gasteiger partial charge in [0, 0.05) is 23.4 Å². The molecule has 0 radical (unpaired) electrons. The van der Waals surface area contributed by atoms with Crippen LogP contribution in [-0.4, -0.2) is 10.8 Å². The highest BCUT2D eigenvalue weighted by molar-refractivity contribution is 7.12. The number of anilines is 1. The second-order valence-corrected chi connectivity index (χ2v) is 7.04. The van der Waals surface area contributed by atoms with Gasteiger partial charge in [-0.05, 0) is 54.6 Å². The molecule has 0 fully saturated rings. The van der Waals surface area contributed by atoms with Gasteiger partial charge >= 0.3 is 0 Å². The molecule has 0 aliphatic heterocycles. The number of rotatable bonds is 6. The number of nitro benzene ring substituents is 1. The van der Waals surface area contributed by atoms with Gasteiger partial charge in [-0.2, -0.15) is 0 Å². The zero-order chi connectivity index (χ0) is 19.4. The molecule has 1 amide bonds. The number of hydrogen-bond donors (Lipinski definition) is 1. The lowest BCUT2D eigenvalue weighted by atomic mass is 10.1.